The SMILES string of the molecule is COc1ccc2nc(SCC(=O)c3ccc(F)cc3)[nH]c2c1. The summed E-state index contributed by atoms with van der Waals surface area (Å²) in [5.74, 6) is 0.566. The predicted octanol–water partition coefficient (Wildman–Crippen LogP) is 3.69. The minimum Gasteiger partial charge on any atom is -0.497 e. The summed E-state index contributed by atoms with van der Waals surface area (Å²) in [6.07, 6.45) is 0. The molecule has 6 heteroatoms. The number of H-pyrrole nitrogens is 1. The van der Waals surface area contributed by atoms with Crippen LogP contribution in [-0.2, 0) is 0 Å². The van der Waals surface area contributed by atoms with Gasteiger partial charge in [-0.1, -0.05) is 11.8 Å². The Kier molecular flexibility index (Phi) is 4.11. The Morgan fingerprint density at radius 2 is 2.05 bits per heavy atom. The van der Waals surface area contributed by atoms with E-state index in [-0.39, 0.29) is 17.4 Å². The monoisotopic (exact) mass is 316 g/mol. The average Bonchev–Trinajstić information content (AvgIpc) is 2.95. The van der Waals surface area contributed by atoms with Crippen LogP contribution >= 0.6 is 11.8 Å². The molecule has 1 heterocycles. The van der Waals surface area contributed by atoms with Gasteiger partial charge in [0, 0.05) is 11.6 Å². The van der Waals surface area contributed by atoms with Crippen LogP contribution in [0.5, 0.6) is 5.75 Å². The molecular weight excluding hydrogens is 303 g/mol. The second-order valence-corrected chi connectivity index (χ2v) is 5.61. The Balaban J connectivity index is 1.70. The van der Waals surface area contributed by atoms with Crippen molar-refractivity contribution in [3.8, 4) is 5.75 Å². The molecular formula is C16H13FN2O2S. The number of thioether (sulfide) groups is 1. The van der Waals surface area contributed by atoms with Crippen molar-refractivity contribution in [2.75, 3.05) is 12.9 Å². The average molecular weight is 316 g/mol. The van der Waals surface area contributed by atoms with Crippen molar-refractivity contribution in [2.24, 2.45) is 0 Å². The number of aromatic amines is 1. The highest BCUT2D eigenvalue weighted by molar-refractivity contribution is 7.99. The predicted molar refractivity (Wildman–Crippen MR) is 84.1 cm³/mol. The zero-order chi connectivity index (χ0) is 15.5. The quantitative estimate of drug-likeness (QED) is 0.576. The summed E-state index contributed by atoms with van der Waals surface area (Å²) in [5, 5.41) is 0.665. The summed E-state index contributed by atoms with van der Waals surface area (Å²) in [5.41, 5.74) is 2.17. The molecule has 3 rings (SSSR count). The number of nitrogens with one attached hydrogen (secondary N) is 1. The number of methoxy groups -OCH3 is 1. The first-order valence-electron chi connectivity index (χ1n) is 6.61. The van der Waals surface area contributed by atoms with Crippen LogP contribution < -0.4 is 4.74 Å². The highest BCUT2D eigenvalue weighted by Crippen LogP contribution is 2.23. The molecule has 1 N–H and O–H groups in total. The summed E-state index contributed by atoms with van der Waals surface area (Å²) in [6, 6.07) is 11.1. The fraction of sp³-hybridized carbons (Fsp3) is 0.125. The number of ketones is 1. The van der Waals surface area contributed by atoms with Crippen molar-refractivity contribution in [2.45, 2.75) is 5.16 Å². The van der Waals surface area contributed by atoms with E-state index >= 15 is 0 Å². The molecule has 112 valence electrons. The maximum Gasteiger partial charge on any atom is 0.173 e. The third kappa shape index (κ3) is 3.12. The summed E-state index contributed by atoms with van der Waals surface area (Å²) >= 11 is 1.32. The van der Waals surface area contributed by atoms with Crippen LogP contribution in [0.2, 0.25) is 0 Å². The molecule has 0 amide bonds. The maximum absolute atomic E-state index is 12.8. The molecule has 4 nitrogen and oxygen atoms in total. The van der Waals surface area contributed by atoms with E-state index in [0.29, 0.717) is 10.7 Å². The standard InChI is InChI=1S/C16H13FN2O2S/c1-21-12-6-7-13-14(8-12)19-16(18-13)22-9-15(20)10-2-4-11(17)5-3-10/h2-8H,9H2,1H3,(H,18,19). The van der Waals surface area contributed by atoms with Crippen molar-refractivity contribution in [3.05, 3.63) is 53.8 Å². The Bertz CT molecular complexity index is 815. The zero-order valence-electron chi connectivity index (χ0n) is 11.8. The van der Waals surface area contributed by atoms with E-state index in [4.69, 9.17) is 4.74 Å². The van der Waals surface area contributed by atoms with Gasteiger partial charge in [-0.05, 0) is 36.4 Å². The zero-order valence-corrected chi connectivity index (χ0v) is 12.6. The van der Waals surface area contributed by atoms with Gasteiger partial charge in [-0.3, -0.25) is 4.79 Å². The number of rotatable bonds is 5. The molecule has 0 aliphatic rings. The maximum atomic E-state index is 12.8. The van der Waals surface area contributed by atoms with Crippen molar-refractivity contribution in [1.29, 1.82) is 0 Å². The number of aromatic nitrogens is 2. The van der Waals surface area contributed by atoms with Gasteiger partial charge >= 0.3 is 0 Å². The number of hydrogen-bond acceptors (Lipinski definition) is 4. The van der Waals surface area contributed by atoms with Crippen LogP contribution in [0.1, 0.15) is 10.4 Å². The van der Waals surface area contributed by atoms with Crippen molar-refractivity contribution < 1.29 is 13.9 Å². The lowest BCUT2D eigenvalue weighted by molar-refractivity contribution is 0.102. The van der Waals surface area contributed by atoms with Crippen LogP contribution in [0.25, 0.3) is 11.0 Å². The van der Waals surface area contributed by atoms with Gasteiger partial charge in [0.05, 0.1) is 23.9 Å². The fourth-order valence-corrected chi connectivity index (χ4v) is 2.79. The summed E-state index contributed by atoms with van der Waals surface area (Å²) in [6.45, 7) is 0. The normalized spacial score (nSPS) is 10.8. The number of halogens is 1. The lowest BCUT2D eigenvalue weighted by Gasteiger charge is -1.99. The topological polar surface area (TPSA) is 55.0 Å². The molecule has 0 atom stereocenters. The van der Waals surface area contributed by atoms with E-state index in [1.807, 2.05) is 18.2 Å². The molecule has 0 aliphatic carbocycles. The van der Waals surface area contributed by atoms with Gasteiger partial charge < -0.3 is 9.72 Å². The second kappa shape index (κ2) is 6.19. The van der Waals surface area contributed by atoms with Crippen molar-refractivity contribution in [3.63, 3.8) is 0 Å². The first-order chi connectivity index (χ1) is 10.7. The van der Waals surface area contributed by atoms with E-state index in [2.05, 4.69) is 9.97 Å². The van der Waals surface area contributed by atoms with Gasteiger partial charge in [-0.2, -0.15) is 0 Å². The van der Waals surface area contributed by atoms with Gasteiger partial charge in [0.2, 0.25) is 0 Å². The number of nitrogens with zero attached hydrogens (tertiary/aromatic N) is 1. The summed E-state index contributed by atoms with van der Waals surface area (Å²) in [4.78, 5) is 19.6. The molecule has 0 aliphatic heterocycles. The number of hydrogen-bond donors (Lipinski definition) is 1. The van der Waals surface area contributed by atoms with E-state index in [0.717, 1.165) is 16.8 Å². The lowest BCUT2D eigenvalue weighted by atomic mass is 10.1. The van der Waals surface area contributed by atoms with E-state index in [1.165, 1.54) is 36.0 Å². The third-order valence-corrected chi connectivity index (χ3v) is 4.05. The number of Topliss-reactive ketones (excluding diaryl/α,β-unsaturated/α-hetero) is 1. The van der Waals surface area contributed by atoms with Crippen molar-refractivity contribution >= 4 is 28.6 Å². The van der Waals surface area contributed by atoms with Crippen LogP contribution in [0.3, 0.4) is 0 Å². The van der Waals surface area contributed by atoms with Gasteiger partial charge in [0.15, 0.2) is 10.9 Å². The molecule has 0 saturated carbocycles. The molecule has 0 spiro atoms. The Labute approximate surface area is 130 Å². The van der Waals surface area contributed by atoms with Crippen LogP contribution in [0.4, 0.5) is 4.39 Å². The summed E-state index contributed by atoms with van der Waals surface area (Å²) < 4.78 is 18.0. The van der Waals surface area contributed by atoms with E-state index in [9.17, 15) is 9.18 Å². The van der Waals surface area contributed by atoms with Gasteiger partial charge in [-0.15, -0.1) is 0 Å². The smallest absolute Gasteiger partial charge is 0.173 e. The molecule has 0 unspecified atom stereocenters. The van der Waals surface area contributed by atoms with E-state index < -0.39 is 0 Å². The Morgan fingerprint density at radius 3 is 2.77 bits per heavy atom. The van der Waals surface area contributed by atoms with Crippen molar-refractivity contribution in [1.82, 2.24) is 9.97 Å². The molecule has 3 aromatic rings. The number of fused-ring (bicyclic) bond motifs is 1. The fourth-order valence-electron chi connectivity index (χ4n) is 2.01. The minimum atomic E-state index is -0.351. The second-order valence-electron chi connectivity index (χ2n) is 4.64. The molecule has 0 saturated heterocycles. The Morgan fingerprint density at radius 1 is 1.27 bits per heavy atom. The highest BCUT2D eigenvalue weighted by Gasteiger charge is 2.10. The minimum absolute atomic E-state index is 0.0666. The number of carbonyl (C=O) groups is 1. The van der Waals surface area contributed by atoms with Gasteiger partial charge in [0.25, 0.3) is 0 Å². The molecule has 1 aromatic heterocycles. The largest absolute Gasteiger partial charge is 0.497 e. The van der Waals surface area contributed by atoms with Crippen LogP contribution in [-0.4, -0.2) is 28.6 Å². The summed E-state index contributed by atoms with van der Waals surface area (Å²) in [7, 11) is 1.61. The highest BCUT2D eigenvalue weighted by atomic mass is 32.2. The number of imidazole rings is 1. The van der Waals surface area contributed by atoms with E-state index in [1.54, 1.807) is 7.11 Å². The first-order valence-corrected chi connectivity index (χ1v) is 7.59. The Hall–Kier alpha value is -2.34. The molecule has 0 radical (unpaired) electrons. The molecule has 2 aromatic carbocycles. The lowest BCUT2D eigenvalue weighted by Crippen LogP contribution is -2.02. The van der Waals surface area contributed by atoms with Gasteiger partial charge in [-0.25, -0.2) is 9.37 Å². The third-order valence-electron chi connectivity index (χ3n) is 3.17. The molecule has 0 fully saturated rings. The number of benzene rings is 2. The molecule has 0 bridgehead atoms. The van der Waals surface area contributed by atoms with Gasteiger partial charge in [0.1, 0.15) is 11.6 Å². The number of ether oxygens (including phenoxy) is 1. The number of carbonyl (C=O) groups excluding carboxylic acids is 1. The first kappa shape index (κ1) is 14.6. The van der Waals surface area contributed by atoms with Crippen LogP contribution in [0.15, 0.2) is 47.6 Å². The van der Waals surface area contributed by atoms with Crippen LogP contribution in [0, 0.1) is 5.82 Å². The molecule has 22 heavy (non-hydrogen) atoms.